The number of aryl methyl sites for hydroxylation is 1. The first-order valence-electron chi connectivity index (χ1n) is 13.7. The minimum atomic E-state index is -1.33. The molecule has 0 aromatic heterocycles. The molecular formula is C29H52O4. The van der Waals surface area contributed by atoms with E-state index in [2.05, 4.69) is 19.9 Å². The molecule has 0 aliphatic rings. The summed E-state index contributed by atoms with van der Waals surface area (Å²) in [7, 11) is 0. The first-order chi connectivity index (χ1) is 16.1. The van der Waals surface area contributed by atoms with Crippen molar-refractivity contribution in [3.63, 3.8) is 0 Å². The van der Waals surface area contributed by atoms with E-state index < -0.39 is 31.3 Å². The van der Waals surface area contributed by atoms with E-state index in [4.69, 9.17) is 0 Å². The van der Waals surface area contributed by atoms with Crippen LogP contribution in [0.2, 0.25) is 0 Å². The SMILES string of the molecule is CCCCCCCCCc1cccc(C(O)C(CO)(CO)CO)c1CCCCCCCCC. The normalized spacial score (nSPS) is 12.9. The van der Waals surface area contributed by atoms with Gasteiger partial charge in [-0.2, -0.15) is 0 Å². The van der Waals surface area contributed by atoms with Crippen LogP contribution in [-0.2, 0) is 12.8 Å². The van der Waals surface area contributed by atoms with E-state index >= 15 is 0 Å². The van der Waals surface area contributed by atoms with Gasteiger partial charge in [0.25, 0.3) is 0 Å². The van der Waals surface area contributed by atoms with Gasteiger partial charge in [-0.05, 0) is 42.4 Å². The van der Waals surface area contributed by atoms with Crippen LogP contribution in [0.4, 0.5) is 0 Å². The minimum Gasteiger partial charge on any atom is -0.395 e. The van der Waals surface area contributed by atoms with Gasteiger partial charge in [-0.25, -0.2) is 0 Å². The van der Waals surface area contributed by atoms with E-state index in [1.54, 1.807) is 0 Å². The van der Waals surface area contributed by atoms with Crippen LogP contribution in [0.5, 0.6) is 0 Å². The number of hydrogen-bond donors (Lipinski definition) is 4. The van der Waals surface area contributed by atoms with Crippen LogP contribution in [0.15, 0.2) is 18.2 Å². The first-order valence-corrected chi connectivity index (χ1v) is 13.7. The van der Waals surface area contributed by atoms with E-state index in [-0.39, 0.29) is 0 Å². The van der Waals surface area contributed by atoms with E-state index in [9.17, 15) is 20.4 Å². The summed E-state index contributed by atoms with van der Waals surface area (Å²) in [6.45, 7) is 3.10. The molecule has 4 nitrogen and oxygen atoms in total. The number of aliphatic hydroxyl groups is 4. The summed E-state index contributed by atoms with van der Waals surface area (Å²) in [5, 5.41) is 40.8. The zero-order valence-electron chi connectivity index (χ0n) is 21.5. The van der Waals surface area contributed by atoms with Gasteiger partial charge >= 0.3 is 0 Å². The Bertz CT molecular complexity index is 589. The molecule has 4 N–H and O–H groups in total. The molecule has 1 aromatic carbocycles. The van der Waals surface area contributed by atoms with Crippen LogP contribution in [0.3, 0.4) is 0 Å². The van der Waals surface area contributed by atoms with Crippen molar-refractivity contribution in [1.82, 2.24) is 0 Å². The van der Waals surface area contributed by atoms with Gasteiger partial charge in [-0.15, -0.1) is 0 Å². The molecule has 0 amide bonds. The average Bonchev–Trinajstić information content (AvgIpc) is 2.84. The molecule has 1 aromatic rings. The molecule has 0 saturated heterocycles. The zero-order chi connectivity index (χ0) is 24.4. The van der Waals surface area contributed by atoms with Gasteiger partial charge in [0.1, 0.15) is 0 Å². The fourth-order valence-corrected chi connectivity index (χ4v) is 4.72. The molecule has 1 atom stereocenters. The Kier molecular flexibility index (Phi) is 16.8. The predicted molar refractivity (Wildman–Crippen MR) is 138 cm³/mol. The van der Waals surface area contributed by atoms with Crippen molar-refractivity contribution in [3.05, 3.63) is 34.9 Å². The molecule has 0 fully saturated rings. The Morgan fingerprint density at radius 3 is 1.58 bits per heavy atom. The lowest BCUT2D eigenvalue weighted by atomic mass is 9.77. The second-order valence-corrected chi connectivity index (χ2v) is 9.97. The summed E-state index contributed by atoms with van der Waals surface area (Å²) >= 11 is 0. The van der Waals surface area contributed by atoms with Crippen LogP contribution in [0.1, 0.15) is 127 Å². The van der Waals surface area contributed by atoms with Crippen molar-refractivity contribution in [1.29, 1.82) is 0 Å². The third kappa shape index (κ3) is 10.5. The Morgan fingerprint density at radius 1 is 0.636 bits per heavy atom. The highest BCUT2D eigenvalue weighted by Gasteiger charge is 2.38. The lowest BCUT2D eigenvalue weighted by Crippen LogP contribution is -2.40. The van der Waals surface area contributed by atoms with Crippen LogP contribution in [0.25, 0.3) is 0 Å². The van der Waals surface area contributed by atoms with Gasteiger partial charge in [0.2, 0.25) is 0 Å². The number of aliphatic hydroxyl groups excluding tert-OH is 4. The molecule has 0 heterocycles. The molecule has 4 heteroatoms. The summed E-state index contributed by atoms with van der Waals surface area (Å²) in [6, 6.07) is 6.05. The molecule has 33 heavy (non-hydrogen) atoms. The topological polar surface area (TPSA) is 80.9 Å². The van der Waals surface area contributed by atoms with Crippen molar-refractivity contribution >= 4 is 0 Å². The number of unbranched alkanes of at least 4 members (excludes halogenated alkanes) is 12. The van der Waals surface area contributed by atoms with Crippen LogP contribution in [-0.4, -0.2) is 40.2 Å². The zero-order valence-corrected chi connectivity index (χ0v) is 21.5. The lowest BCUT2D eigenvalue weighted by molar-refractivity contribution is -0.0855. The molecule has 0 radical (unpaired) electrons. The van der Waals surface area contributed by atoms with Gasteiger partial charge in [0.05, 0.1) is 31.3 Å². The van der Waals surface area contributed by atoms with Gasteiger partial charge in [0.15, 0.2) is 0 Å². The van der Waals surface area contributed by atoms with Crippen molar-refractivity contribution in [2.75, 3.05) is 19.8 Å². The average molecular weight is 465 g/mol. The number of rotatable bonds is 21. The molecule has 0 bridgehead atoms. The second kappa shape index (κ2) is 18.4. The van der Waals surface area contributed by atoms with E-state index in [1.165, 1.54) is 82.6 Å². The molecule has 0 spiro atoms. The molecule has 192 valence electrons. The van der Waals surface area contributed by atoms with Crippen LogP contribution < -0.4 is 0 Å². The van der Waals surface area contributed by atoms with E-state index in [0.717, 1.165) is 36.8 Å². The molecule has 1 unspecified atom stereocenters. The van der Waals surface area contributed by atoms with Gasteiger partial charge in [-0.3, -0.25) is 0 Å². The number of hydrogen-bond acceptors (Lipinski definition) is 4. The lowest BCUT2D eigenvalue weighted by Gasteiger charge is -2.34. The maximum absolute atomic E-state index is 11.1. The monoisotopic (exact) mass is 464 g/mol. The van der Waals surface area contributed by atoms with E-state index in [0.29, 0.717) is 0 Å². The highest BCUT2D eigenvalue weighted by atomic mass is 16.3. The fraction of sp³-hybridized carbons (Fsp3) is 0.793. The third-order valence-corrected chi connectivity index (χ3v) is 7.21. The fourth-order valence-electron chi connectivity index (χ4n) is 4.72. The standard InChI is InChI=1S/C29H52O4/c1-3-5-7-9-11-13-15-18-25-19-17-21-27(28(33)29(22-30,23-31)24-32)26(25)20-16-14-12-10-8-6-4-2/h17,19,21,28,30-33H,3-16,18,20,22-24H2,1-2H3. The smallest absolute Gasteiger partial charge is 0.0915 e. The summed E-state index contributed by atoms with van der Waals surface area (Å²) in [5.41, 5.74) is 1.86. The Hall–Kier alpha value is -0.940. The van der Waals surface area contributed by atoms with Crippen molar-refractivity contribution in [2.45, 2.75) is 123 Å². The summed E-state index contributed by atoms with van der Waals surface area (Å²) in [6.07, 6.45) is 18.3. The van der Waals surface area contributed by atoms with Crippen molar-refractivity contribution in [2.24, 2.45) is 5.41 Å². The first kappa shape index (κ1) is 30.1. The molecule has 1 rings (SSSR count). The Balaban J connectivity index is 2.87. The highest BCUT2D eigenvalue weighted by Crippen LogP contribution is 2.37. The quantitative estimate of drug-likeness (QED) is 0.162. The Morgan fingerprint density at radius 2 is 1.09 bits per heavy atom. The molecule has 0 saturated carbocycles. The molecule has 0 aliphatic heterocycles. The minimum absolute atomic E-state index is 0.458. The highest BCUT2D eigenvalue weighted by molar-refractivity contribution is 5.38. The summed E-state index contributed by atoms with van der Waals surface area (Å²) in [5.74, 6) is 0. The number of benzene rings is 1. The van der Waals surface area contributed by atoms with Crippen LogP contribution >= 0.6 is 0 Å². The molecular weight excluding hydrogens is 412 g/mol. The maximum atomic E-state index is 11.1. The summed E-state index contributed by atoms with van der Waals surface area (Å²) < 4.78 is 0. The maximum Gasteiger partial charge on any atom is 0.0915 e. The van der Waals surface area contributed by atoms with Crippen molar-refractivity contribution < 1.29 is 20.4 Å². The van der Waals surface area contributed by atoms with E-state index in [1.807, 2.05) is 12.1 Å². The van der Waals surface area contributed by atoms with Gasteiger partial charge in [-0.1, -0.05) is 109 Å². The largest absolute Gasteiger partial charge is 0.395 e. The predicted octanol–water partition coefficient (Wildman–Crippen LogP) is 6.27. The Labute approximate surface area is 203 Å². The third-order valence-electron chi connectivity index (χ3n) is 7.21. The van der Waals surface area contributed by atoms with Gasteiger partial charge in [0, 0.05) is 0 Å². The second-order valence-electron chi connectivity index (χ2n) is 9.97. The van der Waals surface area contributed by atoms with Gasteiger partial charge < -0.3 is 20.4 Å². The van der Waals surface area contributed by atoms with Crippen molar-refractivity contribution in [3.8, 4) is 0 Å². The van der Waals surface area contributed by atoms with Crippen LogP contribution in [0, 0.1) is 5.41 Å². The molecule has 0 aliphatic carbocycles. The summed E-state index contributed by atoms with van der Waals surface area (Å²) in [4.78, 5) is 0.